The second kappa shape index (κ2) is 3.83. The van der Waals surface area contributed by atoms with Crippen LogP contribution >= 0.6 is 0 Å². The number of amides is 1. The number of benzene rings is 1. The van der Waals surface area contributed by atoms with Crippen molar-refractivity contribution in [1.29, 1.82) is 0 Å². The Bertz CT molecular complexity index is 471. The number of nitrogens with one attached hydrogen (secondary N) is 1. The topological polar surface area (TPSA) is 64.3 Å². The van der Waals surface area contributed by atoms with Gasteiger partial charge in [-0.2, -0.15) is 13.2 Å². The van der Waals surface area contributed by atoms with Gasteiger partial charge in [-0.05, 0) is 11.6 Å². The Hall–Kier alpha value is -1.92. The molecule has 0 aliphatic carbocycles. The van der Waals surface area contributed by atoms with E-state index in [9.17, 15) is 18.0 Å². The van der Waals surface area contributed by atoms with Gasteiger partial charge >= 0.3 is 6.18 Å². The van der Waals surface area contributed by atoms with E-state index in [4.69, 9.17) is 5.73 Å². The Labute approximate surface area is 94.5 Å². The average molecular weight is 246 g/mol. The van der Waals surface area contributed by atoms with E-state index in [0.717, 1.165) is 0 Å². The molecular formula is C10H9F3N2O2. The van der Waals surface area contributed by atoms with Crippen LogP contribution in [-0.4, -0.2) is 18.7 Å². The summed E-state index contributed by atoms with van der Waals surface area (Å²) in [6, 6.07) is 2.75. The molecule has 4 nitrogen and oxygen atoms in total. The Kier molecular flexibility index (Phi) is 2.60. The molecule has 0 bridgehead atoms. The van der Waals surface area contributed by atoms with Crippen LogP contribution in [0.4, 0.5) is 24.5 Å². The molecule has 0 saturated carbocycles. The second-order valence-corrected chi connectivity index (χ2v) is 3.68. The van der Waals surface area contributed by atoms with Crippen LogP contribution < -0.4 is 15.8 Å². The van der Waals surface area contributed by atoms with E-state index in [2.05, 4.69) is 10.1 Å². The molecule has 1 amide bonds. The number of anilines is 2. The zero-order chi connectivity index (χ0) is 12.6. The van der Waals surface area contributed by atoms with Gasteiger partial charge in [0, 0.05) is 11.8 Å². The van der Waals surface area contributed by atoms with Crippen LogP contribution in [-0.2, 0) is 11.2 Å². The molecule has 0 saturated heterocycles. The van der Waals surface area contributed by atoms with Crippen molar-refractivity contribution in [3.63, 3.8) is 0 Å². The summed E-state index contributed by atoms with van der Waals surface area (Å²) < 4.78 is 40.5. The molecule has 1 aliphatic rings. The van der Waals surface area contributed by atoms with E-state index in [-0.39, 0.29) is 23.8 Å². The van der Waals surface area contributed by atoms with Crippen molar-refractivity contribution in [3.05, 3.63) is 17.7 Å². The van der Waals surface area contributed by atoms with Crippen LogP contribution in [0, 0.1) is 0 Å². The van der Waals surface area contributed by atoms with Gasteiger partial charge < -0.3 is 15.8 Å². The summed E-state index contributed by atoms with van der Waals surface area (Å²) in [7, 11) is 0. The second-order valence-electron chi connectivity index (χ2n) is 3.68. The van der Waals surface area contributed by atoms with Gasteiger partial charge in [-0.15, -0.1) is 0 Å². The smallest absolute Gasteiger partial charge is 0.422 e. The lowest BCUT2D eigenvalue weighted by Gasteiger charge is -2.12. The fraction of sp³-hybridized carbons (Fsp3) is 0.300. The Morgan fingerprint density at radius 2 is 2.12 bits per heavy atom. The number of alkyl halides is 3. The molecule has 3 N–H and O–H groups in total. The van der Waals surface area contributed by atoms with Gasteiger partial charge in [-0.1, -0.05) is 0 Å². The molecule has 0 atom stereocenters. The summed E-state index contributed by atoms with van der Waals surface area (Å²) in [4.78, 5) is 11.1. The summed E-state index contributed by atoms with van der Waals surface area (Å²) in [6.45, 7) is -1.41. The van der Waals surface area contributed by atoms with E-state index in [1.807, 2.05) is 0 Å². The SMILES string of the molecule is Nc1cc2c(cc1OCC(F)(F)F)NC(=O)C2. The summed E-state index contributed by atoms with van der Waals surface area (Å²) >= 11 is 0. The molecular weight excluding hydrogens is 237 g/mol. The molecule has 7 heteroatoms. The molecule has 2 rings (SSSR count). The fourth-order valence-corrected chi connectivity index (χ4v) is 1.56. The Morgan fingerprint density at radius 1 is 1.41 bits per heavy atom. The van der Waals surface area contributed by atoms with Crippen molar-refractivity contribution >= 4 is 17.3 Å². The van der Waals surface area contributed by atoms with E-state index in [1.54, 1.807) is 0 Å². The van der Waals surface area contributed by atoms with Crippen LogP contribution in [0.3, 0.4) is 0 Å². The summed E-state index contributed by atoms with van der Waals surface area (Å²) in [5, 5.41) is 2.51. The first-order valence-corrected chi connectivity index (χ1v) is 4.77. The quantitative estimate of drug-likeness (QED) is 0.781. The third-order valence-corrected chi connectivity index (χ3v) is 2.25. The van der Waals surface area contributed by atoms with Crippen molar-refractivity contribution in [2.45, 2.75) is 12.6 Å². The van der Waals surface area contributed by atoms with Crippen LogP contribution in [0.5, 0.6) is 5.75 Å². The number of carbonyl (C=O) groups excluding carboxylic acids is 1. The standard InChI is InChI=1S/C10H9F3N2O2/c11-10(12,13)4-17-8-3-7-5(1-6(8)14)2-9(16)15-7/h1,3H,2,4,14H2,(H,15,16). The van der Waals surface area contributed by atoms with Crippen LogP contribution in [0.15, 0.2) is 12.1 Å². The molecule has 92 valence electrons. The average Bonchev–Trinajstić information content (AvgIpc) is 2.52. The zero-order valence-corrected chi connectivity index (χ0v) is 8.60. The summed E-state index contributed by atoms with van der Waals surface area (Å²) in [5.41, 5.74) is 6.73. The first-order chi connectivity index (χ1) is 7.85. The van der Waals surface area contributed by atoms with Gasteiger partial charge in [0.25, 0.3) is 0 Å². The number of nitrogens with two attached hydrogens (primary N) is 1. The van der Waals surface area contributed by atoms with Gasteiger partial charge in [0.2, 0.25) is 5.91 Å². The van der Waals surface area contributed by atoms with Gasteiger partial charge in [0.05, 0.1) is 12.1 Å². The highest BCUT2D eigenvalue weighted by Crippen LogP contribution is 2.33. The van der Waals surface area contributed by atoms with Crippen molar-refractivity contribution in [1.82, 2.24) is 0 Å². The number of hydrogen-bond acceptors (Lipinski definition) is 3. The van der Waals surface area contributed by atoms with E-state index < -0.39 is 12.8 Å². The molecule has 0 radical (unpaired) electrons. The van der Waals surface area contributed by atoms with E-state index in [0.29, 0.717) is 11.3 Å². The minimum absolute atomic E-state index is 0.0803. The van der Waals surface area contributed by atoms with Crippen molar-refractivity contribution < 1.29 is 22.7 Å². The lowest BCUT2D eigenvalue weighted by Crippen LogP contribution is -2.19. The highest BCUT2D eigenvalue weighted by atomic mass is 19.4. The van der Waals surface area contributed by atoms with E-state index >= 15 is 0 Å². The number of carbonyl (C=O) groups is 1. The maximum absolute atomic E-state index is 12.0. The first kappa shape index (κ1) is 11.6. The Morgan fingerprint density at radius 3 is 2.76 bits per heavy atom. The highest BCUT2D eigenvalue weighted by molar-refractivity contribution is 6.00. The number of fused-ring (bicyclic) bond motifs is 1. The molecule has 0 fully saturated rings. The fourth-order valence-electron chi connectivity index (χ4n) is 1.56. The van der Waals surface area contributed by atoms with Crippen LogP contribution in [0.2, 0.25) is 0 Å². The molecule has 0 aromatic heterocycles. The van der Waals surface area contributed by atoms with Gasteiger partial charge in [0.15, 0.2) is 6.61 Å². The maximum atomic E-state index is 12.0. The molecule has 0 spiro atoms. The molecule has 17 heavy (non-hydrogen) atoms. The largest absolute Gasteiger partial charge is 0.482 e. The first-order valence-electron chi connectivity index (χ1n) is 4.77. The molecule has 1 aliphatic heterocycles. The highest BCUT2D eigenvalue weighted by Gasteiger charge is 2.29. The minimum Gasteiger partial charge on any atom is -0.482 e. The van der Waals surface area contributed by atoms with Crippen molar-refractivity contribution in [2.75, 3.05) is 17.7 Å². The van der Waals surface area contributed by atoms with Crippen molar-refractivity contribution in [2.24, 2.45) is 0 Å². The van der Waals surface area contributed by atoms with Crippen LogP contribution in [0.1, 0.15) is 5.56 Å². The maximum Gasteiger partial charge on any atom is 0.422 e. The van der Waals surface area contributed by atoms with Gasteiger partial charge in [-0.3, -0.25) is 4.79 Å². The van der Waals surface area contributed by atoms with Gasteiger partial charge in [-0.25, -0.2) is 0 Å². The van der Waals surface area contributed by atoms with Crippen molar-refractivity contribution in [3.8, 4) is 5.75 Å². The normalized spacial score (nSPS) is 14.4. The number of halogens is 3. The predicted molar refractivity (Wildman–Crippen MR) is 54.7 cm³/mol. The lowest BCUT2D eigenvalue weighted by molar-refractivity contribution is -0.153. The summed E-state index contributed by atoms with van der Waals surface area (Å²) in [5.74, 6) is -0.296. The van der Waals surface area contributed by atoms with E-state index in [1.165, 1.54) is 12.1 Å². The lowest BCUT2D eigenvalue weighted by atomic mass is 10.1. The Balaban J connectivity index is 2.19. The summed E-state index contributed by atoms with van der Waals surface area (Å²) in [6.07, 6.45) is -4.24. The number of nitrogen functional groups attached to an aromatic ring is 1. The van der Waals surface area contributed by atoms with Crippen LogP contribution in [0.25, 0.3) is 0 Å². The zero-order valence-electron chi connectivity index (χ0n) is 8.60. The van der Waals surface area contributed by atoms with Gasteiger partial charge in [0.1, 0.15) is 5.75 Å². The molecule has 1 aromatic rings. The monoisotopic (exact) mass is 246 g/mol. The predicted octanol–water partition coefficient (Wildman–Crippen LogP) is 1.70. The minimum atomic E-state index is -4.42. The molecule has 0 unspecified atom stereocenters. The molecule has 1 heterocycles. The number of hydrogen-bond donors (Lipinski definition) is 2. The number of rotatable bonds is 2. The third-order valence-electron chi connectivity index (χ3n) is 2.25. The molecule has 1 aromatic carbocycles. The third kappa shape index (κ3) is 2.61. The number of ether oxygens (including phenoxy) is 1.